The van der Waals surface area contributed by atoms with Gasteiger partial charge in [-0.2, -0.15) is 0 Å². The Balaban J connectivity index is 3.46. The summed E-state index contributed by atoms with van der Waals surface area (Å²) >= 11 is 3.52. The van der Waals surface area contributed by atoms with Crippen molar-refractivity contribution in [1.82, 2.24) is 0 Å². The Hall–Kier alpha value is -0.280. The van der Waals surface area contributed by atoms with E-state index in [9.17, 15) is 4.79 Å². The minimum Gasteiger partial charge on any atom is -0.321 e. The molecular formula is C5H9NOS. The van der Waals surface area contributed by atoms with Crippen molar-refractivity contribution < 1.29 is 4.79 Å². The van der Waals surface area contributed by atoms with Crippen molar-refractivity contribution in [3.63, 3.8) is 0 Å². The Morgan fingerprint density at radius 3 is 2.62 bits per heavy atom. The van der Waals surface area contributed by atoms with Crippen LogP contribution in [0.1, 0.15) is 6.42 Å². The lowest BCUT2D eigenvalue weighted by molar-refractivity contribution is -0.111. The molecule has 0 spiro atoms. The van der Waals surface area contributed by atoms with Crippen molar-refractivity contribution in [2.24, 2.45) is 5.73 Å². The molecule has 0 aliphatic rings. The highest BCUT2D eigenvalue weighted by Crippen LogP contribution is 1.92. The zero-order valence-corrected chi connectivity index (χ0v) is 5.40. The largest absolute Gasteiger partial charge is 0.321 e. The molecule has 0 rings (SSSR count). The molecule has 2 N–H and O–H groups in total. The molecule has 0 heterocycles. The maximum atomic E-state index is 10.2. The molecule has 0 aliphatic heterocycles. The lowest BCUT2D eigenvalue weighted by atomic mass is 10.2. The van der Waals surface area contributed by atoms with Crippen LogP contribution < -0.4 is 5.73 Å². The molecule has 0 aromatic heterocycles. The summed E-state index contributed by atoms with van der Waals surface area (Å²) in [5, 5.41) is -0.287. The van der Waals surface area contributed by atoms with Crippen molar-refractivity contribution in [3.05, 3.63) is 12.7 Å². The fraction of sp³-hybridized carbons (Fsp3) is 0.400. The summed E-state index contributed by atoms with van der Waals surface area (Å²) in [6.07, 6.45) is 2.10. The number of carbonyl (C=O) groups is 1. The van der Waals surface area contributed by atoms with Crippen LogP contribution >= 0.6 is 12.6 Å². The number of rotatable bonds is 3. The van der Waals surface area contributed by atoms with Crippen LogP contribution in [-0.2, 0) is 4.79 Å². The average molecular weight is 131 g/mol. The monoisotopic (exact) mass is 131 g/mol. The van der Waals surface area contributed by atoms with Crippen LogP contribution in [0.3, 0.4) is 0 Å². The first kappa shape index (κ1) is 7.72. The molecule has 0 fully saturated rings. The standard InChI is InChI=1S/C5H9NOS/c1-2-3-4(6)5(7)8/h2,4H,1,3,6H2,(H,7,8)/t4-/m0/s1. The highest BCUT2D eigenvalue weighted by atomic mass is 32.1. The summed E-state index contributed by atoms with van der Waals surface area (Å²) in [7, 11) is 0. The van der Waals surface area contributed by atoms with E-state index in [-0.39, 0.29) is 5.12 Å². The van der Waals surface area contributed by atoms with Crippen LogP contribution in [0.15, 0.2) is 12.7 Å². The fourth-order valence-electron chi connectivity index (χ4n) is 0.280. The SMILES string of the molecule is C=CC[C@H](N)C(=O)S. The number of thiol groups is 1. The lowest BCUT2D eigenvalue weighted by Gasteiger charge is -1.99. The predicted octanol–water partition coefficient (Wildman–Crippen LogP) is 0.346. The molecule has 2 nitrogen and oxygen atoms in total. The van der Waals surface area contributed by atoms with Gasteiger partial charge in [-0.3, -0.25) is 4.79 Å². The summed E-state index contributed by atoms with van der Waals surface area (Å²) in [5.41, 5.74) is 5.23. The molecule has 0 bridgehead atoms. The third kappa shape index (κ3) is 2.82. The van der Waals surface area contributed by atoms with Gasteiger partial charge in [0.05, 0.1) is 6.04 Å². The minimum atomic E-state index is -0.476. The van der Waals surface area contributed by atoms with Gasteiger partial charge in [0.15, 0.2) is 0 Å². The van der Waals surface area contributed by atoms with Gasteiger partial charge in [0.1, 0.15) is 0 Å². The summed E-state index contributed by atoms with van der Waals surface area (Å²) in [5.74, 6) is 0. The molecule has 0 radical (unpaired) electrons. The smallest absolute Gasteiger partial charge is 0.202 e. The van der Waals surface area contributed by atoms with Crippen molar-refractivity contribution in [2.75, 3.05) is 0 Å². The highest BCUT2D eigenvalue weighted by molar-refractivity contribution is 7.96. The Bertz CT molecular complexity index is 103. The van der Waals surface area contributed by atoms with E-state index in [1.165, 1.54) is 0 Å². The molecule has 0 aromatic carbocycles. The molecule has 1 atom stereocenters. The van der Waals surface area contributed by atoms with Gasteiger partial charge in [0.2, 0.25) is 5.12 Å². The van der Waals surface area contributed by atoms with Gasteiger partial charge in [-0.05, 0) is 6.42 Å². The van der Waals surface area contributed by atoms with E-state index in [1.807, 2.05) is 0 Å². The molecule has 0 aromatic rings. The van der Waals surface area contributed by atoms with E-state index in [2.05, 4.69) is 19.2 Å². The topological polar surface area (TPSA) is 43.1 Å². The summed E-state index contributed by atoms with van der Waals surface area (Å²) < 4.78 is 0. The van der Waals surface area contributed by atoms with Gasteiger partial charge in [0.25, 0.3) is 0 Å². The predicted molar refractivity (Wildman–Crippen MR) is 36.8 cm³/mol. The quantitative estimate of drug-likeness (QED) is 0.428. The normalized spacial score (nSPS) is 12.8. The Morgan fingerprint density at radius 2 is 2.50 bits per heavy atom. The zero-order valence-electron chi connectivity index (χ0n) is 4.50. The van der Waals surface area contributed by atoms with E-state index in [4.69, 9.17) is 5.73 Å². The first-order valence-electron chi connectivity index (χ1n) is 2.27. The molecule has 0 aliphatic carbocycles. The van der Waals surface area contributed by atoms with Crippen molar-refractivity contribution >= 4 is 17.7 Å². The van der Waals surface area contributed by atoms with Crippen molar-refractivity contribution in [1.29, 1.82) is 0 Å². The third-order valence-electron chi connectivity index (χ3n) is 0.738. The number of carbonyl (C=O) groups excluding carboxylic acids is 1. The minimum absolute atomic E-state index is 0.287. The summed E-state index contributed by atoms with van der Waals surface area (Å²) in [4.78, 5) is 10.2. The molecule has 46 valence electrons. The van der Waals surface area contributed by atoms with Gasteiger partial charge in [-0.15, -0.1) is 19.2 Å². The van der Waals surface area contributed by atoms with Gasteiger partial charge in [-0.25, -0.2) is 0 Å². The molecule has 0 amide bonds. The average Bonchev–Trinajstić information content (AvgIpc) is 1.67. The van der Waals surface area contributed by atoms with Crippen molar-refractivity contribution in [2.45, 2.75) is 12.5 Å². The van der Waals surface area contributed by atoms with Crippen molar-refractivity contribution in [3.8, 4) is 0 Å². The van der Waals surface area contributed by atoms with Gasteiger partial charge in [0, 0.05) is 0 Å². The maximum absolute atomic E-state index is 10.2. The van der Waals surface area contributed by atoms with Crippen LogP contribution in [-0.4, -0.2) is 11.2 Å². The molecule has 0 saturated carbocycles. The maximum Gasteiger partial charge on any atom is 0.202 e. The summed E-state index contributed by atoms with van der Waals surface area (Å²) in [6, 6.07) is -0.476. The van der Waals surface area contributed by atoms with Crippen LogP contribution in [0.25, 0.3) is 0 Å². The number of nitrogens with two attached hydrogens (primary N) is 1. The third-order valence-corrected chi connectivity index (χ3v) is 1.07. The zero-order chi connectivity index (χ0) is 6.57. The Morgan fingerprint density at radius 1 is 2.00 bits per heavy atom. The summed E-state index contributed by atoms with van der Waals surface area (Å²) in [6.45, 7) is 3.42. The van der Waals surface area contributed by atoms with E-state index in [0.29, 0.717) is 6.42 Å². The number of hydrogen-bond acceptors (Lipinski definition) is 2. The molecule has 3 heteroatoms. The number of hydrogen-bond donors (Lipinski definition) is 2. The molecule has 0 unspecified atom stereocenters. The molecule has 8 heavy (non-hydrogen) atoms. The van der Waals surface area contributed by atoms with E-state index in [0.717, 1.165) is 0 Å². The van der Waals surface area contributed by atoms with Crippen LogP contribution in [0.2, 0.25) is 0 Å². The second kappa shape index (κ2) is 3.69. The van der Waals surface area contributed by atoms with E-state index in [1.54, 1.807) is 6.08 Å². The molecule has 0 saturated heterocycles. The lowest BCUT2D eigenvalue weighted by Crippen LogP contribution is -2.25. The van der Waals surface area contributed by atoms with E-state index >= 15 is 0 Å². The van der Waals surface area contributed by atoms with Gasteiger partial charge < -0.3 is 5.73 Å². The first-order chi connectivity index (χ1) is 3.68. The Labute approximate surface area is 54.2 Å². The van der Waals surface area contributed by atoms with E-state index < -0.39 is 6.04 Å². The highest BCUT2D eigenvalue weighted by Gasteiger charge is 2.04. The second-order valence-corrected chi connectivity index (χ2v) is 1.91. The van der Waals surface area contributed by atoms with Gasteiger partial charge >= 0.3 is 0 Å². The van der Waals surface area contributed by atoms with Crippen LogP contribution in [0.4, 0.5) is 0 Å². The van der Waals surface area contributed by atoms with Crippen LogP contribution in [0, 0.1) is 0 Å². The molecular weight excluding hydrogens is 122 g/mol. The first-order valence-corrected chi connectivity index (χ1v) is 2.72. The second-order valence-electron chi connectivity index (χ2n) is 1.47. The van der Waals surface area contributed by atoms with Gasteiger partial charge in [-0.1, -0.05) is 6.08 Å². The Kier molecular flexibility index (Phi) is 3.56. The fourth-order valence-corrected chi connectivity index (χ4v) is 0.386. The van der Waals surface area contributed by atoms with Crippen LogP contribution in [0.5, 0.6) is 0 Å².